The molecule has 0 radical (unpaired) electrons. The fraction of sp³-hybridized carbons (Fsp3) is 0.419. The van der Waals surface area contributed by atoms with E-state index in [2.05, 4.69) is 25.9 Å². The number of nitrogens with one attached hydrogen (secondary N) is 3. The van der Waals surface area contributed by atoms with Crippen molar-refractivity contribution in [2.75, 3.05) is 24.8 Å². The Bertz CT molecular complexity index is 1580. The molecule has 4 bridgehead atoms. The van der Waals surface area contributed by atoms with Gasteiger partial charge in [-0.05, 0) is 68.7 Å². The topological polar surface area (TPSA) is 114 Å². The molecule has 4 aliphatic carbocycles. The first-order valence-electron chi connectivity index (χ1n) is 14.2. The van der Waals surface area contributed by atoms with Gasteiger partial charge in [0.1, 0.15) is 34.3 Å². The standard InChI is InChI=1S/C31H32F3N5O4/c1-16-5-4-6-21(28(41)35-2)25(16)38-27-22(31(32,33)34)15-36-29(39-27)37-23-8-7-20(11-24(23)42-3)43-30-12-17-9-18(13-30)26(40)19(10-17)14-30/h4-8,11,15,17-19H,9-10,12-14H2,1-3H3,(H,35,41)(H2,36,37,38,39)/t17?,18-,19?,30?/m1/s1. The third kappa shape index (κ3) is 5.46. The summed E-state index contributed by atoms with van der Waals surface area (Å²) < 4.78 is 54.0. The zero-order valence-corrected chi connectivity index (χ0v) is 24.0. The Morgan fingerprint density at radius 2 is 1.81 bits per heavy atom. The van der Waals surface area contributed by atoms with E-state index >= 15 is 0 Å². The van der Waals surface area contributed by atoms with E-state index < -0.39 is 23.5 Å². The summed E-state index contributed by atoms with van der Waals surface area (Å²) in [6, 6.07) is 10.0. The number of amides is 1. The Kier molecular flexibility index (Phi) is 7.18. The van der Waals surface area contributed by atoms with E-state index in [1.807, 2.05) is 0 Å². The SMILES string of the molecule is CNC(=O)c1cccc(C)c1Nc1nc(Nc2ccc(OC34CC5CC(C3)C(=O)[C@H](C5)C4)cc2OC)ncc1C(F)(F)F. The summed E-state index contributed by atoms with van der Waals surface area (Å²) in [6.45, 7) is 1.68. The maximum Gasteiger partial charge on any atom is 0.421 e. The molecule has 4 saturated carbocycles. The first-order chi connectivity index (χ1) is 20.5. The highest BCUT2D eigenvalue weighted by Crippen LogP contribution is 2.55. The summed E-state index contributed by atoms with van der Waals surface area (Å²) in [5, 5.41) is 8.17. The number of para-hydroxylation sites is 1. The van der Waals surface area contributed by atoms with Crippen LogP contribution in [0.2, 0.25) is 0 Å². The summed E-state index contributed by atoms with van der Waals surface area (Å²) in [6.07, 6.45) is 0.204. The molecule has 1 amide bonds. The molecule has 3 unspecified atom stereocenters. The van der Waals surface area contributed by atoms with Crippen molar-refractivity contribution in [1.29, 1.82) is 0 Å². The second-order valence-electron chi connectivity index (χ2n) is 11.7. The molecular formula is C31H32F3N5O4. The van der Waals surface area contributed by atoms with Gasteiger partial charge >= 0.3 is 6.18 Å². The molecule has 4 atom stereocenters. The Labute approximate surface area is 246 Å². The van der Waals surface area contributed by atoms with E-state index in [9.17, 15) is 22.8 Å². The second kappa shape index (κ2) is 10.7. The maximum absolute atomic E-state index is 14.0. The number of hydrogen-bond acceptors (Lipinski definition) is 8. The molecule has 2 aromatic carbocycles. The van der Waals surface area contributed by atoms with Crippen molar-refractivity contribution in [1.82, 2.24) is 15.3 Å². The van der Waals surface area contributed by atoms with Gasteiger partial charge in [0, 0.05) is 31.1 Å². The fourth-order valence-corrected chi connectivity index (χ4v) is 7.03. The van der Waals surface area contributed by atoms with Gasteiger partial charge in [0.2, 0.25) is 5.95 Å². The number of aromatic nitrogens is 2. The lowest BCUT2D eigenvalue weighted by Gasteiger charge is -2.55. The van der Waals surface area contributed by atoms with Crippen LogP contribution >= 0.6 is 0 Å². The quantitative estimate of drug-likeness (QED) is 0.283. The maximum atomic E-state index is 14.0. The monoisotopic (exact) mass is 595 g/mol. The van der Waals surface area contributed by atoms with Gasteiger partial charge in [0.05, 0.1) is 24.0 Å². The van der Waals surface area contributed by atoms with Crippen LogP contribution in [-0.4, -0.2) is 41.4 Å². The molecule has 9 nitrogen and oxygen atoms in total. The highest BCUT2D eigenvalue weighted by atomic mass is 19.4. The number of aryl methyl sites for hydroxylation is 1. The molecule has 4 aliphatic rings. The van der Waals surface area contributed by atoms with E-state index in [4.69, 9.17) is 9.47 Å². The molecule has 1 aromatic heterocycles. The van der Waals surface area contributed by atoms with Gasteiger partial charge in [-0.15, -0.1) is 0 Å². The van der Waals surface area contributed by atoms with E-state index in [-0.39, 0.29) is 34.6 Å². The zero-order chi connectivity index (χ0) is 30.5. The van der Waals surface area contributed by atoms with Crippen LogP contribution in [0.3, 0.4) is 0 Å². The zero-order valence-electron chi connectivity index (χ0n) is 24.0. The van der Waals surface area contributed by atoms with Crippen molar-refractivity contribution in [2.45, 2.75) is 50.8 Å². The van der Waals surface area contributed by atoms with Gasteiger partial charge in [-0.1, -0.05) is 12.1 Å². The molecule has 4 fully saturated rings. The number of Topliss-reactive ketones (excluding diaryl/α,β-unsaturated/α-hetero) is 1. The molecule has 3 aromatic rings. The van der Waals surface area contributed by atoms with Crippen molar-refractivity contribution in [3.05, 3.63) is 59.3 Å². The molecule has 226 valence electrons. The third-order valence-electron chi connectivity index (χ3n) is 8.77. The lowest BCUT2D eigenvalue weighted by atomic mass is 9.53. The van der Waals surface area contributed by atoms with E-state index in [0.29, 0.717) is 40.6 Å². The average molecular weight is 596 g/mol. The number of nitrogens with zero attached hydrogens (tertiary/aromatic N) is 2. The Morgan fingerprint density at radius 1 is 1.07 bits per heavy atom. The number of halogens is 3. The molecule has 0 aliphatic heterocycles. The van der Waals surface area contributed by atoms with Gasteiger partial charge in [-0.2, -0.15) is 18.2 Å². The van der Waals surface area contributed by atoms with E-state index in [0.717, 1.165) is 32.1 Å². The van der Waals surface area contributed by atoms with Crippen LogP contribution in [0.25, 0.3) is 0 Å². The van der Waals surface area contributed by atoms with Gasteiger partial charge in [-0.25, -0.2) is 4.98 Å². The predicted molar refractivity (Wildman–Crippen MR) is 153 cm³/mol. The van der Waals surface area contributed by atoms with Gasteiger partial charge in [-0.3, -0.25) is 9.59 Å². The predicted octanol–water partition coefficient (Wildman–Crippen LogP) is 6.19. The molecule has 0 saturated heterocycles. The van der Waals surface area contributed by atoms with Crippen LogP contribution < -0.4 is 25.4 Å². The molecular weight excluding hydrogens is 563 g/mol. The first-order valence-corrected chi connectivity index (χ1v) is 14.2. The average Bonchev–Trinajstić information content (AvgIpc) is 2.96. The van der Waals surface area contributed by atoms with Crippen LogP contribution in [0, 0.1) is 24.7 Å². The van der Waals surface area contributed by atoms with Crippen molar-refractivity contribution in [2.24, 2.45) is 17.8 Å². The first kappa shape index (κ1) is 28.8. The minimum Gasteiger partial charge on any atom is -0.494 e. The van der Waals surface area contributed by atoms with E-state index in [1.54, 1.807) is 37.3 Å². The van der Waals surface area contributed by atoms with Crippen molar-refractivity contribution in [3.63, 3.8) is 0 Å². The molecule has 3 N–H and O–H groups in total. The number of anilines is 4. The summed E-state index contributed by atoms with van der Waals surface area (Å²) in [7, 11) is 2.92. The van der Waals surface area contributed by atoms with Gasteiger partial charge in [0.25, 0.3) is 5.91 Å². The molecule has 43 heavy (non-hydrogen) atoms. The van der Waals surface area contributed by atoms with Gasteiger partial charge in [0.15, 0.2) is 0 Å². The normalized spacial score (nSPS) is 24.0. The number of rotatable bonds is 8. The summed E-state index contributed by atoms with van der Waals surface area (Å²) in [4.78, 5) is 33.1. The summed E-state index contributed by atoms with van der Waals surface area (Å²) >= 11 is 0. The van der Waals surface area contributed by atoms with Crippen LogP contribution in [0.15, 0.2) is 42.6 Å². The second-order valence-corrected chi connectivity index (χ2v) is 11.7. The number of benzene rings is 2. The minimum absolute atomic E-state index is 0.0702. The Balaban J connectivity index is 1.27. The van der Waals surface area contributed by atoms with Gasteiger partial charge < -0.3 is 25.4 Å². The number of hydrogen-bond donors (Lipinski definition) is 3. The lowest BCUT2D eigenvalue weighted by Crippen LogP contribution is -2.57. The van der Waals surface area contributed by atoms with E-state index in [1.165, 1.54) is 20.2 Å². The number of carbonyl (C=O) groups is 2. The van der Waals surface area contributed by atoms with Crippen LogP contribution in [0.4, 0.5) is 36.3 Å². The Morgan fingerprint density at radius 3 is 2.49 bits per heavy atom. The summed E-state index contributed by atoms with van der Waals surface area (Å²) in [5.74, 6) is 0.915. The lowest BCUT2D eigenvalue weighted by molar-refractivity contribution is -0.156. The highest BCUT2D eigenvalue weighted by molar-refractivity contribution is 6.00. The van der Waals surface area contributed by atoms with Crippen LogP contribution in [-0.2, 0) is 11.0 Å². The molecule has 7 rings (SSSR count). The van der Waals surface area contributed by atoms with Crippen LogP contribution in [0.1, 0.15) is 53.6 Å². The number of ether oxygens (including phenoxy) is 2. The third-order valence-corrected chi connectivity index (χ3v) is 8.77. The Hall–Kier alpha value is -4.35. The molecule has 1 heterocycles. The number of ketones is 1. The highest BCUT2D eigenvalue weighted by Gasteiger charge is 2.56. The number of carbonyl (C=O) groups excluding carboxylic acids is 2. The van der Waals surface area contributed by atoms with Crippen molar-refractivity contribution >= 4 is 34.8 Å². The largest absolute Gasteiger partial charge is 0.494 e. The number of methoxy groups -OCH3 is 1. The fourth-order valence-electron chi connectivity index (χ4n) is 7.03. The molecule has 12 heteroatoms. The number of alkyl halides is 3. The minimum atomic E-state index is -4.75. The van der Waals surface area contributed by atoms with Crippen molar-refractivity contribution < 1.29 is 32.2 Å². The molecule has 0 spiro atoms. The smallest absolute Gasteiger partial charge is 0.421 e. The van der Waals surface area contributed by atoms with Crippen LogP contribution in [0.5, 0.6) is 11.5 Å². The summed E-state index contributed by atoms with van der Waals surface area (Å²) in [5.41, 5.74) is -0.114. The van der Waals surface area contributed by atoms with Crippen molar-refractivity contribution in [3.8, 4) is 11.5 Å².